The summed E-state index contributed by atoms with van der Waals surface area (Å²) in [6.45, 7) is 1.34. The smallest absolute Gasteiger partial charge is 0.385 e. The summed E-state index contributed by atoms with van der Waals surface area (Å²) in [7, 11) is 0. The molecular formula is C22H23ClF4N2O4. The first-order valence-corrected chi connectivity index (χ1v) is 10.1. The monoisotopic (exact) mass is 490 g/mol. The molecule has 11 heteroatoms. The molecule has 1 N–H and O–H groups in total. The molecule has 33 heavy (non-hydrogen) atoms. The molecule has 1 saturated heterocycles. The van der Waals surface area contributed by atoms with Crippen LogP contribution in [0.3, 0.4) is 0 Å². The highest BCUT2D eigenvalue weighted by molar-refractivity contribution is 5.99. The number of nitro benzene ring substituents is 1. The van der Waals surface area contributed by atoms with Crippen LogP contribution < -0.4 is 0 Å². The molecule has 6 nitrogen and oxygen atoms in total. The number of benzene rings is 2. The number of alkyl halides is 3. The van der Waals surface area contributed by atoms with Crippen molar-refractivity contribution in [3.63, 3.8) is 0 Å². The molecule has 0 saturated carbocycles. The van der Waals surface area contributed by atoms with Crippen molar-refractivity contribution in [2.75, 3.05) is 19.6 Å². The minimum Gasteiger partial charge on any atom is -0.385 e. The molecule has 3 rings (SSSR count). The van der Waals surface area contributed by atoms with Crippen LogP contribution in [0, 0.1) is 15.9 Å². The lowest BCUT2D eigenvalue weighted by molar-refractivity contribution is -0.385. The molecule has 0 spiro atoms. The highest BCUT2D eigenvalue weighted by Crippen LogP contribution is 2.36. The Morgan fingerprint density at radius 3 is 2.42 bits per heavy atom. The van der Waals surface area contributed by atoms with E-state index in [0.29, 0.717) is 32.1 Å². The molecule has 0 aromatic heterocycles. The average molecular weight is 491 g/mol. The van der Waals surface area contributed by atoms with Crippen molar-refractivity contribution in [2.24, 2.45) is 0 Å². The third kappa shape index (κ3) is 6.49. The van der Waals surface area contributed by atoms with E-state index in [-0.39, 0.29) is 42.8 Å². The largest absolute Gasteiger partial charge is 0.416 e. The Balaban J connectivity index is 0.00000385. The van der Waals surface area contributed by atoms with Crippen LogP contribution >= 0.6 is 12.4 Å². The number of nitro groups is 1. The fourth-order valence-corrected chi connectivity index (χ4v) is 3.91. The second-order valence-electron chi connectivity index (χ2n) is 7.90. The van der Waals surface area contributed by atoms with Gasteiger partial charge in [-0.15, -0.1) is 12.4 Å². The summed E-state index contributed by atoms with van der Waals surface area (Å²) in [5, 5.41) is 21.9. The molecule has 0 atom stereocenters. The first-order valence-electron chi connectivity index (χ1n) is 10.1. The fraction of sp³-hybridized carbons (Fsp3) is 0.409. The Morgan fingerprint density at radius 2 is 1.82 bits per heavy atom. The number of carbonyl (C=O) groups excluding carboxylic acids is 1. The summed E-state index contributed by atoms with van der Waals surface area (Å²) >= 11 is 0. The number of ketones is 1. The molecule has 2 aromatic rings. The molecule has 0 aliphatic carbocycles. The van der Waals surface area contributed by atoms with E-state index in [1.54, 1.807) is 0 Å². The molecule has 0 amide bonds. The summed E-state index contributed by atoms with van der Waals surface area (Å²) in [5.41, 5.74) is -2.65. The van der Waals surface area contributed by atoms with Crippen molar-refractivity contribution in [3.8, 4) is 0 Å². The maximum Gasteiger partial charge on any atom is 0.416 e. The van der Waals surface area contributed by atoms with Gasteiger partial charge in [-0.2, -0.15) is 13.2 Å². The lowest BCUT2D eigenvalue weighted by Gasteiger charge is -2.38. The number of piperidine rings is 1. The molecule has 2 aromatic carbocycles. The minimum absolute atomic E-state index is 0. The predicted octanol–water partition coefficient (Wildman–Crippen LogP) is 5.12. The number of Topliss-reactive ketones (excluding diaryl/α,β-unsaturated/α-hetero) is 1. The van der Waals surface area contributed by atoms with Crippen molar-refractivity contribution in [3.05, 3.63) is 75.1 Å². The molecule has 1 fully saturated rings. The lowest BCUT2D eigenvalue weighted by Crippen LogP contribution is -2.43. The SMILES string of the molecule is Cl.O=C(CCCN1CCC(O)(c2cccc(C(F)(F)F)c2)CC1)c1ccc(F)cc1[N+](=O)[O-]. The third-order valence-electron chi connectivity index (χ3n) is 5.75. The molecule has 0 bridgehead atoms. The Morgan fingerprint density at radius 1 is 1.15 bits per heavy atom. The zero-order valence-electron chi connectivity index (χ0n) is 17.5. The van der Waals surface area contributed by atoms with E-state index in [9.17, 15) is 37.6 Å². The molecule has 0 radical (unpaired) electrons. The summed E-state index contributed by atoms with van der Waals surface area (Å²) in [6, 6.07) is 7.52. The lowest BCUT2D eigenvalue weighted by atomic mass is 9.83. The van der Waals surface area contributed by atoms with Gasteiger partial charge in [-0.25, -0.2) is 4.39 Å². The van der Waals surface area contributed by atoms with Crippen molar-refractivity contribution in [1.29, 1.82) is 0 Å². The van der Waals surface area contributed by atoms with Crippen molar-refractivity contribution in [2.45, 2.75) is 37.5 Å². The Bertz CT molecular complexity index is 1010. The molecular weight excluding hydrogens is 468 g/mol. The summed E-state index contributed by atoms with van der Waals surface area (Å²) in [6.07, 6.45) is -3.58. The van der Waals surface area contributed by atoms with Crippen LogP contribution in [0.1, 0.15) is 47.2 Å². The second kappa shape index (κ2) is 10.6. The summed E-state index contributed by atoms with van der Waals surface area (Å²) in [4.78, 5) is 24.6. The molecule has 1 aliphatic heterocycles. The predicted molar refractivity (Wildman–Crippen MR) is 115 cm³/mol. The fourth-order valence-electron chi connectivity index (χ4n) is 3.91. The van der Waals surface area contributed by atoms with Crippen LogP contribution in [-0.4, -0.2) is 40.3 Å². The third-order valence-corrected chi connectivity index (χ3v) is 5.75. The van der Waals surface area contributed by atoms with E-state index < -0.39 is 39.6 Å². The van der Waals surface area contributed by atoms with Crippen molar-refractivity contribution in [1.82, 2.24) is 4.90 Å². The van der Waals surface area contributed by atoms with Gasteiger partial charge in [0, 0.05) is 19.5 Å². The summed E-state index contributed by atoms with van der Waals surface area (Å²) in [5.74, 6) is -1.26. The Labute approximate surface area is 193 Å². The molecule has 0 unspecified atom stereocenters. The normalized spacial score (nSPS) is 16.2. The highest BCUT2D eigenvalue weighted by atomic mass is 35.5. The molecule has 1 aliphatic rings. The zero-order valence-corrected chi connectivity index (χ0v) is 18.3. The van der Waals surface area contributed by atoms with E-state index in [2.05, 4.69) is 0 Å². The molecule has 1 heterocycles. The summed E-state index contributed by atoms with van der Waals surface area (Å²) < 4.78 is 52.1. The first-order chi connectivity index (χ1) is 15.0. The van der Waals surface area contributed by atoms with E-state index in [1.807, 2.05) is 4.90 Å². The number of rotatable bonds is 7. The maximum absolute atomic E-state index is 13.2. The van der Waals surface area contributed by atoms with Gasteiger partial charge < -0.3 is 10.0 Å². The number of halogens is 5. The Hall–Kier alpha value is -2.56. The van der Waals surface area contributed by atoms with Crippen molar-refractivity contribution >= 4 is 23.9 Å². The van der Waals surface area contributed by atoms with Gasteiger partial charge in [0.25, 0.3) is 5.69 Å². The standard InChI is InChI=1S/C22H22F4N2O4.ClH/c23-17-6-7-18(19(14-17)28(31)32)20(29)5-2-10-27-11-8-21(30,9-12-27)15-3-1-4-16(13-15)22(24,25)26;/h1,3-4,6-7,13-14,30H,2,5,8-12H2;1H. The van der Waals surface area contributed by atoms with Crippen LogP contribution in [0.2, 0.25) is 0 Å². The number of likely N-dealkylation sites (tertiary alicyclic amines) is 1. The van der Waals surface area contributed by atoms with Crippen LogP contribution in [0.25, 0.3) is 0 Å². The van der Waals surface area contributed by atoms with Gasteiger partial charge in [0.05, 0.1) is 27.7 Å². The van der Waals surface area contributed by atoms with Crippen LogP contribution in [0.15, 0.2) is 42.5 Å². The van der Waals surface area contributed by atoms with Gasteiger partial charge in [0.2, 0.25) is 0 Å². The first kappa shape index (κ1) is 26.7. The quantitative estimate of drug-likeness (QED) is 0.252. The van der Waals surface area contributed by atoms with Crippen LogP contribution in [0.4, 0.5) is 23.2 Å². The topological polar surface area (TPSA) is 83.7 Å². The van der Waals surface area contributed by atoms with E-state index in [0.717, 1.165) is 24.3 Å². The van der Waals surface area contributed by atoms with E-state index >= 15 is 0 Å². The van der Waals surface area contributed by atoms with Crippen LogP contribution in [-0.2, 0) is 11.8 Å². The Kier molecular flexibility index (Phi) is 8.56. The second-order valence-corrected chi connectivity index (χ2v) is 7.90. The van der Waals surface area contributed by atoms with Gasteiger partial charge in [0.1, 0.15) is 5.82 Å². The van der Waals surface area contributed by atoms with Gasteiger partial charge >= 0.3 is 6.18 Å². The highest BCUT2D eigenvalue weighted by Gasteiger charge is 2.37. The van der Waals surface area contributed by atoms with Gasteiger partial charge in [-0.05, 0) is 55.6 Å². The van der Waals surface area contributed by atoms with Gasteiger partial charge in [0.15, 0.2) is 5.78 Å². The number of nitrogens with zero attached hydrogens (tertiary/aromatic N) is 2. The number of hydrogen-bond donors (Lipinski definition) is 1. The van der Waals surface area contributed by atoms with Gasteiger partial charge in [-0.3, -0.25) is 14.9 Å². The maximum atomic E-state index is 13.2. The van der Waals surface area contributed by atoms with Crippen LogP contribution in [0.5, 0.6) is 0 Å². The number of aliphatic hydroxyl groups is 1. The van der Waals surface area contributed by atoms with Gasteiger partial charge in [-0.1, -0.05) is 12.1 Å². The zero-order chi connectivity index (χ0) is 23.5. The van der Waals surface area contributed by atoms with E-state index in [1.165, 1.54) is 12.1 Å². The van der Waals surface area contributed by atoms with Crippen molar-refractivity contribution < 1.29 is 32.4 Å². The minimum atomic E-state index is -4.49. The average Bonchev–Trinajstić information content (AvgIpc) is 2.74. The number of carbonyl (C=O) groups is 1. The van der Waals surface area contributed by atoms with E-state index in [4.69, 9.17) is 0 Å². The number of hydrogen-bond acceptors (Lipinski definition) is 5. The molecule has 180 valence electrons.